The predicted octanol–water partition coefficient (Wildman–Crippen LogP) is 1.29. The summed E-state index contributed by atoms with van der Waals surface area (Å²) in [5.74, 6) is -0.494. The average Bonchev–Trinajstić information content (AvgIpc) is 2.72. The number of pyridine rings is 1. The Kier molecular flexibility index (Phi) is 10.9. The average molecular weight is 483 g/mol. The molecule has 11 heteroatoms. The quantitative estimate of drug-likeness (QED) is 0.323. The van der Waals surface area contributed by atoms with E-state index in [9.17, 15) is 28.1 Å². The summed E-state index contributed by atoms with van der Waals surface area (Å²) in [6, 6.07) is 5.78. The summed E-state index contributed by atoms with van der Waals surface area (Å²) in [4.78, 5) is 12.5. The Bertz CT molecular complexity index is 1230. The van der Waals surface area contributed by atoms with E-state index in [4.69, 9.17) is 0 Å². The summed E-state index contributed by atoms with van der Waals surface area (Å²) < 4.78 is 33.0. The zero-order chi connectivity index (χ0) is 24.1. The molecule has 0 aliphatic rings. The van der Waals surface area contributed by atoms with Gasteiger partial charge in [-0.15, -0.1) is 5.11 Å². The Balaban J connectivity index is 0.00000544. The van der Waals surface area contributed by atoms with E-state index >= 15 is 0 Å². The summed E-state index contributed by atoms with van der Waals surface area (Å²) in [5, 5.41) is 30.6. The second-order valence-electron chi connectivity index (χ2n) is 7.72. The van der Waals surface area contributed by atoms with Gasteiger partial charge in [-0.2, -0.15) is 18.8 Å². The van der Waals surface area contributed by atoms with Crippen molar-refractivity contribution in [1.29, 1.82) is 5.26 Å². The minimum Gasteiger partial charge on any atom is -0.858 e. The van der Waals surface area contributed by atoms with Gasteiger partial charge in [0.15, 0.2) is 0 Å². The Hall–Kier alpha value is -2.03. The fourth-order valence-corrected chi connectivity index (χ4v) is 4.18. The number of hydrogen-bond acceptors (Lipinski definition) is 7. The second-order valence-corrected chi connectivity index (χ2v) is 9.11. The topological polar surface area (TPSA) is 148 Å². The van der Waals surface area contributed by atoms with Gasteiger partial charge in [-0.1, -0.05) is 33.1 Å². The first kappa shape index (κ1) is 29.0. The van der Waals surface area contributed by atoms with E-state index in [1.165, 1.54) is 32.0 Å². The molecule has 0 bridgehead atoms. The van der Waals surface area contributed by atoms with Crippen LogP contribution in [0.25, 0.3) is 0 Å². The van der Waals surface area contributed by atoms with E-state index in [1.54, 1.807) is 0 Å². The van der Waals surface area contributed by atoms with Crippen molar-refractivity contribution in [1.82, 2.24) is 4.57 Å². The van der Waals surface area contributed by atoms with Gasteiger partial charge < -0.3 is 9.67 Å². The van der Waals surface area contributed by atoms with Crippen molar-refractivity contribution >= 4 is 21.5 Å². The first-order valence-corrected chi connectivity index (χ1v) is 11.8. The molecule has 33 heavy (non-hydrogen) atoms. The number of rotatable bonds is 9. The van der Waals surface area contributed by atoms with Crippen LogP contribution in [0.4, 0.5) is 11.4 Å². The number of nitriles is 1. The van der Waals surface area contributed by atoms with Crippen molar-refractivity contribution in [2.75, 3.05) is 0 Å². The number of hydrogen-bond donors (Lipinski definition) is 1. The molecule has 172 valence electrons. The van der Waals surface area contributed by atoms with Gasteiger partial charge in [0, 0.05) is 12.1 Å². The van der Waals surface area contributed by atoms with Gasteiger partial charge in [-0.25, -0.2) is 0 Å². The van der Waals surface area contributed by atoms with Crippen molar-refractivity contribution in [2.24, 2.45) is 16.1 Å². The maximum atomic E-state index is 13.1. The third kappa shape index (κ3) is 6.98. The number of unbranched alkanes of at least 4 members (excludes halogenated alkanes) is 1. The molecule has 1 unspecified atom stereocenters. The molecule has 0 aliphatic heterocycles. The number of benzene rings is 1. The number of azo groups is 1. The van der Waals surface area contributed by atoms with E-state index in [2.05, 4.69) is 17.2 Å². The molecule has 0 fully saturated rings. The van der Waals surface area contributed by atoms with Crippen LogP contribution >= 0.6 is 0 Å². The largest absolute Gasteiger partial charge is 1.00 e. The van der Waals surface area contributed by atoms with Gasteiger partial charge in [0.1, 0.15) is 11.6 Å². The van der Waals surface area contributed by atoms with E-state index in [1.807, 2.05) is 13.0 Å². The van der Waals surface area contributed by atoms with Crippen LogP contribution in [0.3, 0.4) is 0 Å². The molecule has 9 nitrogen and oxygen atoms in total. The smallest absolute Gasteiger partial charge is 0.858 e. The maximum Gasteiger partial charge on any atom is 1.00 e. The summed E-state index contributed by atoms with van der Waals surface area (Å²) in [7, 11) is -4.37. The molecule has 1 atom stereocenters. The normalized spacial score (nSPS) is 12.4. The number of aromatic nitrogens is 1. The van der Waals surface area contributed by atoms with Gasteiger partial charge >= 0.3 is 29.6 Å². The van der Waals surface area contributed by atoms with E-state index in [0.29, 0.717) is 0 Å². The third-order valence-electron chi connectivity index (χ3n) is 5.43. The van der Waals surface area contributed by atoms with E-state index in [0.717, 1.165) is 30.3 Å². The fraction of sp³-hybridized carbons (Fsp3) is 0.455. The standard InChI is InChI=1S/C22H28N4O5S.Na/c1-5-7-8-16(6-2)13-26-21(27)18(12-23)15(4)20(22(26)28)25-24-17-9-10-19(14(3)11-17)32(29,30)31;/h9-11,16,28H,5-8,13H2,1-4H3,(H,29,30,31);/q;+1/p-1. The van der Waals surface area contributed by atoms with Crippen LogP contribution < -0.4 is 40.2 Å². The minimum atomic E-state index is -4.37. The molecule has 1 N–H and O–H groups in total. The van der Waals surface area contributed by atoms with Crippen LogP contribution in [0.1, 0.15) is 56.2 Å². The van der Waals surface area contributed by atoms with Crippen LogP contribution in [0, 0.1) is 31.1 Å². The Morgan fingerprint density at radius 3 is 2.42 bits per heavy atom. The van der Waals surface area contributed by atoms with Gasteiger partial charge in [0.25, 0.3) is 15.7 Å². The van der Waals surface area contributed by atoms with Crippen molar-refractivity contribution in [3.63, 3.8) is 0 Å². The molecule has 1 heterocycles. The van der Waals surface area contributed by atoms with E-state index in [-0.39, 0.29) is 75.0 Å². The Labute approximate surface area is 216 Å². The van der Waals surface area contributed by atoms with Crippen molar-refractivity contribution in [3.05, 3.63) is 45.2 Å². The summed E-state index contributed by atoms with van der Waals surface area (Å²) >= 11 is 0. The molecule has 0 saturated carbocycles. The SMILES string of the molecule is CCCCC(CC)Cn1c([O-])c(N=Nc2ccc(S(=O)(=O)O)c(C)c2)c(C)c(C#N)c1=O.[Na+]. The van der Waals surface area contributed by atoms with Crippen LogP contribution in [-0.4, -0.2) is 17.5 Å². The monoisotopic (exact) mass is 482 g/mol. The molecule has 1 aromatic heterocycles. The molecule has 0 spiro atoms. The molecule has 2 rings (SSSR count). The first-order chi connectivity index (χ1) is 15.0. The van der Waals surface area contributed by atoms with Crippen LogP contribution in [0.5, 0.6) is 5.88 Å². The van der Waals surface area contributed by atoms with Gasteiger partial charge in [-0.3, -0.25) is 9.35 Å². The summed E-state index contributed by atoms with van der Waals surface area (Å²) in [6.07, 6.45) is 3.63. The van der Waals surface area contributed by atoms with Crippen molar-refractivity contribution < 1.29 is 47.6 Å². The van der Waals surface area contributed by atoms with Gasteiger partial charge in [0.05, 0.1) is 16.3 Å². The second kappa shape index (κ2) is 12.4. The van der Waals surface area contributed by atoms with Gasteiger partial charge in [-0.05, 0) is 55.8 Å². The molecule has 0 aliphatic carbocycles. The van der Waals surface area contributed by atoms with E-state index < -0.39 is 21.6 Å². The van der Waals surface area contributed by atoms with Crippen LogP contribution in [-0.2, 0) is 16.7 Å². The molecule has 0 saturated heterocycles. The summed E-state index contributed by atoms with van der Waals surface area (Å²) in [6.45, 7) is 7.23. The zero-order valence-corrected chi connectivity index (χ0v) is 22.4. The third-order valence-corrected chi connectivity index (χ3v) is 6.45. The van der Waals surface area contributed by atoms with Crippen LogP contribution in [0.2, 0.25) is 0 Å². The van der Waals surface area contributed by atoms with Crippen molar-refractivity contribution in [2.45, 2.75) is 64.8 Å². The molecular weight excluding hydrogens is 455 g/mol. The summed E-state index contributed by atoms with van der Waals surface area (Å²) in [5.41, 5.74) is -0.232. The predicted molar refractivity (Wildman–Crippen MR) is 118 cm³/mol. The first-order valence-electron chi connectivity index (χ1n) is 10.4. The molecular formula is C22H27N4NaO5S. The molecule has 0 radical (unpaired) electrons. The van der Waals surface area contributed by atoms with Crippen molar-refractivity contribution in [3.8, 4) is 11.9 Å². The molecule has 1 aromatic carbocycles. The molecule has 0 amide bonds. The Morgan fingerprint density at radius 2 is 1.91 bits per heavy atom. The number of aryl methyl sites for hydroxylation is 1. The fourth-order valence-electron chi connectivity index (χ4n) is 3.48. The maximum absolute atomic E-state index is 13.1. The Morgan fingerprint density at radius 1 is 1.24 bits per heavy atom. The molecule has 2 aromatic rings. The zero-order valence-electron chi connectivity index (χ0n) is 19.6. The van der Waals surface area contributed by atoms with Gasteiger partial charge in [0.2, 0.25) is 0 Å². The number of nitrogens with zero attached hydrogens (tertiary/aromatic N) is 4. The van der Waals surface area contributed by atoms with Crippen LogP contribution in [0.15, 0.2) is 38.1 Å². The minimum absolute atomic E-state index is 0.